The van der Waals surface area contributed by atoms with Crippen LogP contribution in [0.15, 0.2) is 95.9 Å². The maximum absolute atomic E-state index is 12.8. The van der Waals surface area contributed by atoms with Crippen molar-refractivity contribution in [3.8, 4) is 11.5 Å². The van der Waals surface area contributed by atoms with Crippen LogP contribution in [-0.4, -0.2) is 48.5 Å². The number of ether oxygens (including phenoxy) is 4. The molecule has 2 heterocycles. The predicted molar refractivity (Wildman–Crippen MR) is 162 cm³/mol. The van der Waals surface area contributed by atoms with Gasteiger partial charge in [0.2, 0.25) is 5.91 Å². The summed E-state index contributed by atoms with van der Waals surface area (Å²) in [6.45, 7) is 1.18. The number of hydrogen-bond acceptors (Lipinski definition) is 10. The fourth-order valence-corrected chi connectivity index (χ4v) is 5.85. The van der Waals surface area contributed by atoms with Crippen LogP contribution in [0.4, 0.5) is 5.82 Å². The van der Waals surface area contributed by atoms with Gasteiger partial charge in [0.25, 0.3) is 0 Å². The maximum atomic E-state index is 12.8. The van der Waals surface area contributed by atoms with Crippen LogP contribution in [0.2, 0.25) is 0 Å². The summed E-state index contributed by atoms with van der Waals surface area (Å²) in [7, 11) is -0.0728. The quantitative estimate of drug-likeness (QED) is 0.180. The Bertz CT molecular complexity index is 1630. The lowest BCUT2D eigenvalue weighted by Crippen LogP contribution is -2.38. The SMILES string of the molecule is COc1ccc(C(OC[C@H]2O[C@@H](n3ccc(NC(C)=O)nc3=O)C[C@@H]2O[P+](=O)[O-])(c2ccccc2)c2ccc(OC)cc2)cc1. The Hall–Kier alpha value is -4.45. The largest absolute Gasteiger partial charge is 0.566 e. The third-order valence-electron chi connectivity index (χ3n) is 7.48. The van der Waals surface area contributed by atoms with E-state index in [0.717, 1.165) is 16.7 Å². The van der Waals surface area contributed by atoms with Gasteiger partial charge in [-0.1, -0.05) is 54.6 Å². The Morgan fingerprint density at radius 2 is 1.56 bits per heavy atom. The molecule has 5 rings (SSSR count). The average molecular weight is 634 g/mol. The highest BCUT2D eigenvalue weighted by molar-refractivity contribution is 7.30. The number of nitrogens with zero attached hydrogens (tertiary/aromatic N) is 2. The molecule has 1 aliphatic heterocycles. The summed E-state index contributed by atoms with van der Waals surface area (Å²) in [5, 5.41) is 2.46. The molecule has 0 spiro atoms. The Morgan fingerprint density at radius 1 is 0.978 bits per heavy atom. The fraction of sp³-hybridized carbons (Fsp3) is 0.281. The zero-order valence-electron chi connectivity index (χ0n) is 24.8. The van der Waals surface area contributed by atoms with Gasteiger partial charge in [0.15, 0.2) is 0 Å². The van der Waals surface area contributed by atoms with Crippen LogP contribution in [-0.2, 0) is 29.0 Å². The number of rotatable bonds is 12. The lowest BCUT2D eigenvalue weighted by Gasteiger charge is -2.37. The molecule has 1 saturated heterocycles. The molecular weight excluding hydrogens is 601 g/mol. The van der Waals surface area contributed by atoms with E-state index in [2.05, 4.69) is 10.3 Å². The number of carbonyl (C=O) groups excluding carboxylic acids is 1. The van der Waals surface area contributed by atoms with Crippen LogP contribution in [0.5, 0.6) is 11.5 Å². The summed E-state index contributed by atoms with van der Waals surface area (Å²) >= 11 is 0. The highest BCUT2D eigenvalue weighted by Gasteiger charge is 2.45. The van der Waals surface area contributed by atoms with Crippen LogP contribution in [0, 0.1) is 0 Å². The first-order valence-corrected chi connectivity index (χ1v) is 15.1. The molecule has 1 fully saturated rings. The number of amides is 1. The maximum Gasteiger partial charge on any atom is 0.488 e. The van der Waals surface area contributed by atoms with Gasteiger partial charge in [0.05, 0.1) is 20.8 Å². The van der Waals surface area contributed by atoms with Gasteiger partial charge in [0.1, 0.15) is 41.4 Å². The number of aromatic nitrogens is 2. The summed E-state index contributed by atoms with van der Waals surface area (Å²) in [6, 6.07) is 26.0. The first kappa shape index (κ1) is 32.0. The summed E-state index contributed by atoms with van der Waals surface area (Å²) in [6.07, 6.45) is -1.31. The lowest BCUT2D eigenvalue weighted by atomic mass is 9.80. The van der Waals surface area contributed by atoms with E-state index < -0.39 is 38.0 Å². The van der Waals surface area contributed by atoms with Crippen molar-refractivity contribution in [2.24, 2.45) is 0 Å². The highest BCUT2D eigenvalue weighted by atomic mass is 31.1. The highest BCUT2D eigenvalue weighted by Crippen LogP contribution is 2.43. The number of benzene rings is 3. The molecule has 1 unspecified atom stereocenters. The number of nitrogens with one attached hydrogen (secondary N) is 1. The van der Waals surface area contributed by atoms with Crippen molar-refractivity contribution < 1.29 is 37.7 Å². The second-order valence-corrected chi connectivity index (χ2v) is 10.9. The van der Waals surface area contributed by atoms with Crippen LogP contribution in [0.3, 0.4) is 0 Å². The van der Waals surface area contributed by atoms with Crippen molar-refractivity contribution >= 4 is 20.0 Å². The number of hydrogen-bond donors (Lipinski definition) is 1. The molecule has 4 aromatic rings. The summed E-state index contributed by atoms with van der Waals surface area (Å²) < 4.78 is 42.1. The molecule has 1 N–H and O–H groups in total. The van der Waals surface area contributed by atoms with E-state index >= 15 is 0 Å². The van der Waals surface area contributed by atoms with Gasteiger partial charge in [-0.05, 0) is 51.6 Å². The van der Waals surface area contributed by atoms with E-state index in [0.29, 0.717) is 11.5 Å². The summed E-state index contributed by atoms with van der Waals surface area (Å²) in [5.74, 6) is 1.03. The molecule has 4 atom stereocenters. The average Bonchev–Trinajstić information content (AvgIpc) is 3.43. The molecule has 12 nitrogen and oxygen atoms in total. The minimum Gasteiger partial charge on any atom is -0.566 e. The van der Waals surface area contributed by atoms with Crippen LogP contribution < -0.4 is 25.4 Å². The van der Waals surface area contributed by atoms with Gasteiger partial charge in [-0.25, -0.2) is 4.79 Å². The molecule has 1 aromatic heterocycles. The fourth-order valence-electron chi connectivity index (χ4n) is 5.41. The normalized spacial score (nSPS) is 18.3. The van der Waals surface area contributed by atoms with Gasteiger partial charge < -0.3 is 29.2 Å². The van der Waals surface area contributed by atoms with Crippen LogP contribution in [0.25, 0.3) is 0 Å². The molecule has 45 heavy (non-hydrogen) atoms. The number of methoxy groups -OCH3 is 2. The van der Waals surface area contributed by atoms with E-state index in [1.807, 2.05) is 78.9 Å². The van der Waals surface area contributed by atoms with Gasteiger partial charge >= 0.3 is 13.9 Å². The van der Waals surface area contributed by atoms with Gasteiger partial charge in [-0.15, -0.1) is 4.52 Å². The molecule has 0 bridgehead atoms. The molecule has 1 aliphatic rings. The molecular formula is C32H32N3O9P. The minimum atomic E-state index is -3.24. The zero-order valence-corrected chi connectivity index (χ0v) is 25.7. The van der Waals surface area contributed by atoms with Crippen molar-refractivity contribution in [2.75, 3.05) is 26.1 Å². The Kier molecular flexibility index (Phi) is 10.0. The Balaban J connectivity index is 1.53. The summed E-state index contributed by atoms with van der Waals surface area (Å²) in [4.78, 5) is 39.8. The summed E-state index contributed by atoms with van der Waals surface area (Å²) in [5.41, 5.74) is 0.472. The molecule has 3 aromatic carbocycles. The molecule has 0 aliphatic carbocycles. The molecule has 0 saturated carbocycles. The standard InChI is InChI=1S/C32H32N3O9P/c1-21(36)33-29-17-18-35(31(37)34-29)30-19-27(44-45(38)39)28(43-30)20-42-32(22-7-5-4-6-8-22,23-9-13-25(40-2)14-10-23)24-11-15-26(41-3)16-12-24/h4-18,27-28,30H,19-20H2,1-3H3,(H,33,34,36,37)/t27-,28+,30+/m0/s1. The smallest absolute Gasteiger partial charge is 0.488 e. The molecule has 234 valence electrons. The second kappa shape index (κ2) is 14.1. The van der Waals surface area contributed by atoms with E-state index in [1.54, 1.807) is 14.2 Å². The van der Waals surface area contributed by atoms with E-state index in [-0.39, 0.29) is 24.8 Å². The van der Waals surface area contributed by atoms with Crippen molar-refractivity contribution in [1.82, 2.24) is 9.55 Å². The third kappa shape index (κ3) is 7.11. The van der Waals surface area contributed by atoms with Crippen molar-refractivity contribution in [2.45, 2.75) is 37.4 Å². The second-order valence-electron chi connectivity index (χ2n) is 10.2. The van der Waals surface area contributed by atoms with Gasteiger partial charge in [-0.3, -0.25) is 9.36 Å². The minimum absolute atomic E-state index is 0.0296. The van der Waals surface area contributed by atoms with Gasteiger partial charge in [-0.2, -0.15) is 4.98 Å². The molecule has 1 amide bonds. The number of anilines is 1. The third-order valence-corrected chi connectivity index (χ3v) is 7.93. The van der Waals surface area contributed by atoms with E-state index in [4.69, 9.17) is 23.5 Å². The molecule has 13 heteroatoms. The van der Waals surface area contributed by atoms with Crippen LogP contribution >= 0.6 is 8.25 Å². The predicted octanol–water partition coefficient (Wildman–Crippen LogP) is 3.92. The van der Waals surface area contributed by atoms with Crippen LogP contribution in [0.1, 0.15) is 36.3 Å². The van der Waals surface area contributed by atoms with Crippen molar-refractivity contribution in [1.29, 1.82) is 0 Å². The van der Waals surface area contributed by atoms with Gasteiger partial charge in [0, 0.05) is 19.5 Å². The zero-order chi connectivity index (χ0) is 32.0. The monoisotopic (exact) mass is 633 g/mol. The van der Waals surface area contributed by atoms with Crippen molar-refractivity contribution in [3.63, 3.8) is 0 Å². The van der Waals surface area contributed by atoms with E-state index in [9.17, 15) is 19.0 Å². The Labute approximate surface area is 260 Å². The van der Waals surface area contributed by atoms with Crippen molar-refractivity contribution in [3.05, 3.63) is 118 Å². The first-order valence-electron chi connectivity index (χ1n) is 14.1. The lowest BCUT2D eigenvalue weighted by molar-refractivity contribution is -0.192. The molecule has 0 radical (unpaired) electrons. The number of carbonyl (C=O) groups is 1. The Morgan fingerprint density at radius 3 is 2.07 bits per heavy atom. The topological polar surface area (TPSA) is 150 Å². The first-order chi connectivity index (χ1) is 21.7. The van der Waals surface area contributed by atoms with E-state index in [1.165, 1.54) is 23.8 Å².